The lowest BCUT2D eigenvalue weighted by Crippen LogP contribution is -2.59. The summed E-state index contributed by atoms with van der Waals surface area (Å²) in [4.78, 5) is 63.1. The van der Waals surface area contributed by atoms with E-state index >= 15 is 9.59 Å². The maximum absolute atomic E-state index is 15.3. The van der Waals surface area contributed by atoms with Crippen LogP contribution in [0.4, 0.5) is 22.7 Å². The summed E-state index contributed by atoms with van der Waals surface area (Å²) < 4.78 is 10.9. The topological polar surface area (TPSA) is 138 Å². The van der Waals surface area contributed by atoms with Gasteiger partial charge in [-0.1, -0.05) is 84.5 Å². The van der Waals surface area contributed by atoms with E-state index in [-0.39, 0.29) is 53.5 Å². The fourth-order valence-corrected chi connectivity index (χ4v) is 10.2. The number of amides is 2. The third kappa shape index (κ3) is 6.93. The van der Waals surface area contributed by atoms with E-state index in [0.717, 1.165) is 11.3 Å². The minimum Gasteiger partial charge on any atom is -0.502 e. The summed E-state index contributed by atoms with van der Waals surface area (Å²) in [5, 5.41) is 19.5. The van der Waals surface area contributed by atoms with Gasteiger partial charge >= 0.3 is 0 Å². The van der Waals surface area contributed by atoms with Crippen LogP contribution in [-0.2, 0) is 24.6 Å². The molecule has 6 unspecified atom stereocenters. The Hall–Kier alpha value is -7.40. The van der Waals surface area contributed by atoms with Gasteiger partial charge in [-0.15, -0.1) is 0 Å². The first-order chi connectivity index (χ1) is 30.5. The van der Waals surface area contributed by atoms with Crippen LogP contribution in [0.3, 0.4) is 0 Å². The molecule has 0 spiro atoms. The normalized spacial score (nSPS) is 24.2. The van der Waals surface area contributed by atoms with Crippen molar-refractivity contribution in [2.75, 3.05) is 38.1 Å². The van der Waals surface area contributed by atoms with Gasteiger partial charge in [-0.25, -0.2) is 0 Å². The van der Waals surface area contributed by atoms with Crippen LogP contribution in [0.2, 0.25) is 0 Å². The number of fused-ring (bicyclic) bond motifs is 4. The Morgan fingerprint density at radius 2 is 1.37 bits per heavy atom. The highest BCUT2D eigenvalue weighted by Gasteiger charge is 2.65. The van der Waals surface area contributed by atoms with Crippen molar-refractivity contribution in [2.45, 2.75) is 18.3 Å². The lowest BCUT2D eigenvalue weighted by molar-refractivity contribution is -0.135. The van der Waals surface area contributed by atoms with Crippen molar-refractivity contribution in [3.63, 3.8) is 0 Å². The average Bonchev–Trinajstić information content (AvgIpc) is 3.57. The van der Waals surface area contributed by atoms with Crippen molar-refractivity contribution in [2.24, 2.45) is 39.8 Å². The van der Waals surface area contributed by atoms with Crippen molar-refractivity contribution < 1.29 is 33.8 Å². The molecule has 316 valence electrons. The zero-order valence-electron chi connectivity index (χ0n) is 35.3. The molecule has 1 saturated carbocycles. The van der Waals surface area contributed by atoms with Crippen LogP contribution >= 0.6 is 0 Å². The van der Waals surface area contributed by atoms with Gasteiger partial charge in [0, 0.05) is 37.2 Å². The van der Waals surface area contributed by atoms with Gasteiger partial charge in [-0.2, -0.15) is 10.2 Å². The highest BCUT2D eigenvalue weighted by atomic mass is 16.5. The Bertz CT molecular complexity index is 2720. The summed E-state index contributed by atoms with van der Waals surface area (Å²) in [5.74, 6) is -4.35. The highest BCUT2D eigenvalue weighted by Crippen LogP contribution is 2.61. The van der Waals surface area contributed by atoms with Gasteiger partial charge in [0.05, 0.1) is 48.5 Å². The predicted molar refractivity (Wildman–Crippen MR) is 241 cm³/mol. The molecule has 63 heavy (non-hydrogen) atoms. The fraction of sp³-hybridized carbons (Fsp3) is 0.231. The number of imide groups is 1. The fourth-order valence-electron chi connectivity index (χ4n) is 10.2. The molecule has 1 N–H and O–H groups in total. The van der Waals surface area contributed by atoms with Gasteiger partial charge in [0.2, 0.25) is 17.6 Å². The molecule has 0 bridgehead atoms. The molecule has 6 atom stereocenters. The van der Waals surface area contributed by atoms with Crippen LogP contribution in [0, 0.1) is 29.6 Å². The van der Waals surface area contributed by atoms with E-state index in [2.05, 4.69) is 10.2 Å². The van der Waals surface area contributed by atoms with E-state index < -0.39 is 35.0 Å². The molecule has 2 amide bonds. The van der Waals surface area contributed by atoms with E-state index in [1.54, 1.807) is 36.4 Å². The van der Waals surface area contributed by atoms with Gasteiger partial charge < -0.3 is 19.5 Å². The Morgan fingerprint density at radius 1 is 0.762 bits per heavy atom. The molecule has 1 heterocycles. The maximum atomic E-state index is 15.3. The maximum Gasteiger partial charge on any atom is 0.238 e. The predicted octanol–water partition coefficient (Wildman–Crippen LogP) is 9.47. The first-order valence-corrected chi connectivity index (χ1v) is 21.0. The van der Waals surface area contributed by atoms with Gasteiger partial charge in [-0.3, -0.25) is 24.1 Å². The third-order valence-corrected chi connectivity index (χ3v) is 13.2. The van der Waals surface area contributed by atoms with Crippen LogP contribution in [0.15, 0.2) is 155 Å². The molecule has 4 aliphatic rings. The van der Waals surface area contributed by atoms with Crippen molar-refractivity contribution in [1.29, 1.82) is 0 Å². The molecular weight excluding hydrogens is 793 g/mol. The number of phenols is 1. The summed E-state index contributed by atoms with van der Waals surface area (Å²) in [6.07, 6.45) is 7.76. The lowest BCUT2D eigenvalue weighted by atomic mass is 9.45. The first-order valence-electron chi connectivity index (χ1n) is 21.0. The molecule has 11 heteroatoms. The number of methoxy groups -OCH3 is 2. The Balaban J connectivity index is 1.12. The molecule has 0 aromatic heterocycles. The second-order valence-corrected chi connectivity index (χ2v) is 16.6. The number of carbonyl (C=O) groups is 4. The second-order valence-electron chi connectivity index (χ2n) is 16.6. The van der Waals surface area contributed by atoms with E-state index in [1.165, 1.54) is 25.2 Å². The minimum absolute atomic E-state index is 0.151. The van der Waals surface area contributed by atoms with Crippen molar-refractivity contribution in [3.8, 4) is 17.2 Å². The minimum atomic E-state index is -1.38. The molecule has 11 nitrogen and oxygen atoms in total. The van der Waals surface area contributed by atoms with Crippen LogP contribution in [0.5, 0.6) is 17.2 Å². The average molecular weight is 839 g/mol. The van der Waals surface area contributed by atoms with Crippen LogP contribution in [0.25, 0.3) is 11.6 Å². The number of anilines is 2. The summed E-state index contributed by atoms with van der Waals surface area (Å²) in [6, 6.07) is 36.5. The summed E-state index contributed by atoms with van der Waals surface area (Å²) >= 11 is 0. The van der Waals surface area contributed by atoms with Gasteiger partial charge in [0.1, 0.15) is 0 Å². The van der Waals surface area contributed by atoms with Crippen LogP contribution in [0.1, 0.15) is 29.5 Å². The zero-order valence-corrected chi connectivity index (χ0v) is 35.3. The largest absolute Gasteiger partial charge is 0.502 e. The summed E-state index contributed by atoms with van der Waals surface area (Å²) in [6.45, 7) is 0. The number of Topliss-reactive ketones (excluding diaryl/α,β-unsaturated/α-hetero) is 1. The molecule has 2 fully saturated rings. The number of rotatable bonds is 10. The van der Waals surface area contributed by atoms with Crippen molar-refractivity contribution in [1.82, 2.24) is 0 Å². The number of phenolic OH excluding ortho intramolecular Hbond substituents is 1. The zero-order chi connectivity index (χ0) is 44.0. The van der Waals surface area contributed by atoms with Crippen molar-refractivity contribution in [3.05, 3.63) is 162 Å². The number of aromatic hydroxyl groups is 1. The summed E-state index contributed by atoms with van der Waals surface area (Å²) in [7, 11) is 6.83. The number of hydrogen-bond donors (Lipinski definition) is 1. The molecule has 5 aromatic rings. The molecule has 9 rings (SSSR count). The Labute approximate surface area is 365 Å². The van der Waals surface area contributed by atoms with Crippen LogP contribution < -0.4 is 19.3 Å². The highest BCUT2D eigenvalue weighted by molar-refractivity contribution is 6.31. The summed E-state index contributed by atoms with van der Waals surface area (Å²) in [5.41, 5.74) is 4.44. The second kappa shape index (κ2) is 16.5. The number of azo groups is 1. The Morgan fingerprint density at radius 3 is 1.97 bits per heavy atom. The van der Waals surface area contributed by atoms with Crippen molar-refractivity contribution >= 4 is 57.8 Å². The number of carbonyl (C=O) groups excluding carboxylic acids is 4. The quantitative estimate of drug-likeness (QED) is 0.0835. The smallest absolute Gasteiger partial charge is 0.238 e. The first kappa shape index (κ1) is 41.0. The number of benzene rings is 5. The number of hydrogen-bond acceptors (Lipinski definition) is 10. The Kier molecular flexibility index (Phi) is 10.7. The SMILES string of the molecule is COc1cc(C=CC2C3=CCC4C(=O)N(c5ccc(N=Nc6ccc(N(C)C)cc6)cc5)C(=O)C4C3CC3C(=O)C(c4ccccc4)=CC(=O)C23c2ccccc2)cc(OC)c1O. The van der Waals surface area contributed by atoms with E-state index in [4.69, 9.17) is 9.47 Å². The number of ketones is 2. The molecule has 0 radical (unpaired) electrons. The van der Waals surface area contributed by atoms with E-state index in [0.29, 0.717) is 39.3 Å². The van der Waals surface area contributed by atoms with Gasteiger partial charge in [0.15, 0.2) is 23.1 Å². The third-order valence-electron chi connectivity index (χ3n) is 13.2. The molecule has 3 aliphatic carbocycles. The van der Waals surface area contributed by atoms with E-state index in [9.17, 15) is 14.7 Å². The van der Waals surface area contributed by atoms with Gasteiger partial charge in [0.25, 0.3) is 0 Å². The number of nitrogens with zero attached hydrogens (tertiary/aromatic N) is 4. The number of allylic oxidation sites excluding steroid dienone is 5. The molecule has 1 aliphatic heterocycles. The lowest BCUT2D eigenvalue weighted by Gasteiger charge is -2.54. The van der Waals surface area contributed by atoms with Crippen LogP contribution in [-0.4, -0.2) is 56.8 Å². The molecule has 5 aromatic carbocycles. The number of ether oxygens (including phenoxy) is 2. The van der Waals surface area contributed by atoms with E-state index in [1.807, 2.05) is 122 Å². The standard InChI is InChI=1S/C52H46N4O7/c1-55(2)36-20-16-34(17-21-36)53-54-35-18-22-37(23-19-35)56-50(60)39-25-24-38-41(47(39)51(56)61)29-43-48(58)40(32-11-7-5-8-12-32)30-46(57)52(43,33-13-9-6-10-14-33)42(38)26-15-31-27-44(62-3)49(59)45(28-31)63-4/h5-24,26-28,30,39,41-43,47,59H,25,29H2,1-4H3. The molecular formula is C52H46N4O7. The van der Waals surface area contributed by atoms with Gasteiger partial charge in [-0.05, 0) is 102 Å². The monoisotopic (exact) mass is 838 g/mol. The molecule has 1 saturated heterocycles.